The Kier molecular flexibility index (Phi) is 4.52. The minimum Gasteiger partial charge on any atom is -0.478 e. The molecule has 0 spiro atoms. The predicted molar refractivity (Wildman–Crippen MR) is 74.5 cm³/mol. The third kappa shape index (κ3) is 4.51. The summed E-state index contributed by atoms with van der Waals surface area (Å²) < 4.78 is 0. The van der Waals surface area contributed by atoms with Crippen LogP contribution in [-0.4, -0.2) is 35.5 Å². The van der Waals surface area contributed by atoms with Gasteiger partial charge in [-0.1, -0.05) is 0 Å². The number of thiophene rings is 1. The van der Waals surface area contributed by atoms with Gasteiger partial charge in [0.25, 0.3) is 5.91 Å². The lowest BCUT2D eigenvalue weighted by Gasteiger charge is -2.04. The molecule has 7 heteroatoms. The van der Waals surface area contributed by atoms with E-state index >= 15 is 0 Å². The number of amides is 2. The van der Waals surface area contributed by atoms with Gasteiger partial charge in [0.05, 0.1) is 11.4 Å². The van der Waals surface area contributed by atoms with Crippen molar-refractivity contribution in [2.75, 3.05) is 6.54 Å². The molecular weight excluding hydrogens is 280 g/mol. The number of rotatable bonds is 6. The smallest absolute Gasteiger partial charge is 0.328 e. The van der Waals surface area contributed by atoms with Crippen molar-refractivity contribution in [2.24, 2.45) is 0 Å². The standard InChI is InChI=1S/C13H14N2O4S/c16-11(15-8-1-2-8)7-14-13(19)10-5-3-9(20-10)4-6-12(17)18/h3-6,8H,1-2,7H2,(H,14,19)(H,15,16)(H,17,18). The molecule has 1 aliphatic rings. The molecule has 0 unspecified atom stereocenters. The van der Waals surface area contributed by atoms with Crippen LogP contribution in [-0.2, 0) is 9.59 Å². The van der Waals surface area contributed by atoms with Gasteiger partial charge in [0.15, 0.2) is 0 Å². The molecule has 0 aromatic carbocycles. The Morgan fingerprint density at radius 3 is 2.75 bits per heavy atom. The molecule has 106 valence electrons. The van der Waals surface area contributed by atoms with Gasteiger partial charge in [0.2, 0.25) is 5.91 Å². The van der Waals surface area contributed by atoms with Gasteiger partial charge in [-0.3, -0.25) is 9.59 Å². The maximum atomic E-state index is 11.8. The van der Waals surface area contributed by atoms with Crippen molar-refractivity contribution in [1.82, 2.24) is 10.6 Å². The van der Waals surface area contributed by atoms with E-state index in [1.165, 1.54) is 17.4 Å². The fourth-order valence-corrected chi connectivity index (χ4v) is 2.30. The summed E-state index contributed by atoms with van der Waals surface area (Å²) in [5, 5.41) is 13.8. The number of carboxylic acids is 1. The zero-order valence-corrected chi connectivity index (χ0v) is 11.4. The van der Waals surface area contributed by atoms with Crippen molar-refractivity contribution in [3.63, 3.8) is 0 Å². The molecule has 1 aromatic heterocycles. The van der Waals surface area contributed by atoms with Gasteiger partial charge >= 0.3 is 5.97 Å². The van der Waals surface area contributed by atoms with Crippen LogP contribution < -0.4 is 10.6 Å². The molecule has 1 aliphatic carbocycles. The van der Waals surface area contributed by atoms with Crippen molar-refractivity contribution >= 4 is 35.2 Å². The van der Waals surface area contributed by atoms with E-state index in [-0.39, 0.29) is 24.4 Å². The van der Waals surface area contributed by atoms with Gasteiger partial charge in [-0.25, -0.2) is 4.79 Å². The minimum atomic E-state index is -1.04. The molecule has 1 fully saturated rings. The van der Waals surface area contributed by atoms with Gasteiger partial charge in [-0.15, -0.1) is 11.3 Å². The minimum absolute atomic E-state index is 0.0481. The fourth-order valence-electron chi connectivity index (χ4n) is 1.47. The first kappa shape index (κ1) is 14.3. The van der Waals surface area contributed by atoms with E-state index < -0.39 is 5.97 Å². The fraction of sp³-hybridized carbons (Fsp3) is 0.308. The first-order valence-corrected chi connectivity index (χ1v) is 6.94. The van der Waals surface area contributed by atoms with Crippen LogP contribution in [0.1, 0.15) is 27.4 Å². The summed E-state index contributed by atoms with van der Waals surface area (Å²) in [5.41, 5.74) is 0. The topological polar surface area (TPSA) is 95.5 Å². The monoisotopic (exact) mass is 294 g/mol. The summed E-state index contributed by atoms with van der Waals surface area (Å²) >= 11 is 1.17. The lowest BCUT2D eigenvalue weighted by molar-refractivity contribution is -0.131. The van der Waals surface area contributed by atoms with E-state index in [0.29, 0.717) is 9.75 Å². The van der Waals surface area contributed by atoms with Crippen molar-refractivity contribution in [2.45, 2.75) is 18.9 Å². The molecule has 2 rings (SSSR count). The number of aliphatic carboxylic acids is 1. The lowest BCUT2D eigenvalue weighted by Crippen LogP contribution is -2.37. The van der Waals surface area contributed by atoms with Crippen molar-refractivity contribution in [3.05, 3.63) is 28.0 Å². The summed E-state index contributed by atoms with van der Waals surface area (Å²) in [6.45, 7) is -0.0481. The maximum absolute atomic E-state index is 11.8. The summed E-state index contributed by atoms with van der Waals surface area (Å²) in [4.78, 5) is 34.7. The third-order valence-corrected chi connectivity index (χ3v) is 3.64. The second-order valence-electron chi connectivity index (χ2n) is 4.40. The van der Waals surface area contributed by atoms with E-state index in [2.05, 4.69) is 10.6 Å². The van der Waals surface area contributed by atoms with Gasteiger partial charge in [-0.05, 0) is 31.1 Å². The van der Waals surface area contributed by atoms with Crippen LogP contribution in [0.2, 0.25) is 0 Å². The second-order valence-corrected chi connectivity index (χ2v) is 5.51. The Hall–Kier alpha value is -2.15. The number of carbonyl (C=O) groups is 3. The van der Waals surface area contributed by atoms with Crippen LogP contribution in [0.4, 0.5) is 0 Å². The molecule has 20 heavy (non-hydrogen) atoms. The summed E-state index contributed by atoms with van der Waals surface area (Å²) in [6, 6.07) is 3.53. The molecule has 2 amide bonds. The second kappa shape index (κ2) is 6.33. The SMILES string of the molecule is O=C(O)C=Cc1ccc(C(=O)NCC(=O)NC2CC2)s1. The highest BCUT2D eigenvalue weighted by molar-refractivity contribution is 7.14. The van der Waals surface area contributed by atoms with E-state index in [1.54, 1.807) is 12.1 Å². The van der Waals surface area contributed by atoms with Crippen LogP contribution >= 0.6 is 11.3 Å². The van der Waals surface area contributed by atoms with Crippen LogP contribution in [0.3, 0.4) is 0 Å². The first-order chi connectivity index (χ1) is 9.54. The van der Waals surface area contributed by atoms with E-state index in [9.17, 15) is 14.4 Å². The molecule has 6 nitrogen and oxygen atoms in total. The van der Waals surface area contributed by atoms with Gasteiger partial charge < -0.3 is 15.7 Å². The Morgan fingerprint density at radius 2 is 2.10 bits per heavy atom. The summed E-state index contributed by atoms with van der Waals surface area (Å²) in [7, 11) is 0. The number of carbonyl (C=O) groups excluding carboxylic acids is 2. The zero-order chi connectivity index (χ0) is 14.5. The summed E-state index contributed by atoms with van der Waals surface area (Å²) in [6.07, 6.45) is 4.44. The normalized spacial score (nSPS) is 14.2. The number of nitrogens with one attached hydrogen (secondary N) is 2. The quantitative estimate of drug-likeness (QED) is 0.678. The third-order valence-electron chi connectivity index (χ3n) is 2.59. The highest BCUT2D eigenvalue weighted by atomic mass is 32.1. The Bertz CT molecular complexity index is 560. The Morgan fingerprint density at radius 1 is 1.35 bits per heavy atom. The number of carboxylic acid groups (broad SMARTS) is 1. The molecule has 0 bridgehead atoms. The average molecular weight is 294 g/mol. The van der Waals surface area contributed by atoms with E-state index in [4.69, 9.17) is 5.11 Å². The molecule has 1 aromatic rings. The highest BCUT2D eigenvalue weighted by Gasteiger charge is 2.23. The van der Waals surface area contributed by atoms with E-state index in [0.717, 1.165) is 18.9 Å². The van der Waals surface area contributed by atoms with Crippen molar-refractivity contribution in [1.29, 1.82) is 0 Å². The van der Waals surface area contributed by atoms with Crippen LogP contribution in [0.5, 0.6) is 0 Å². The largest absolute Gasteiger partial charge is 0.478 e. The average Bonchev–Trinajstić information content (AvgIpc) is 3.07. The summed E-state index contributed by atoms with van der Waals surface area (Å²) in [5.74, 6) is -1.57. The van der Waals surface area contributed by atoms with Crippen LogP contribution in [0.25, 0.3) is 6.08 Å². The van der Waals surface area contributed by atoms with Crippen LogP contribution in [0.15, 0.2) is 18.2 Å². The Balaban J connectivity index is 1.82. The van der Waals surface area contributed by atoms with Crippen molar-refractivity contribution in [3.8, 4) is 0 Å². The molecule has 0 radical (unpaired) electrons. The Labute approximate surface area is 119 Å². The zero-order valence-electron chi connectivity index (χ0n) is 10.6. The van der Waals surface area contributed by atoms with Crippen LogP contribution in [0, 0.1) is 0 Å². The van der Waals surface area contributed by atoms with Crippen molar-refractivity contribution < 1.29 is 19.5 Å². The molecule has 0 saturated heterocycles. The molecule has 1 saturated carbocycles. The molecule has 1 heterocycles. The highest BCUT2D eigenvalue weighted by Crippen LogP contribution is 2.19. The predicted octanol–water partition coefficient (Wildman–Crippen LogP) is 0.854. The molecule has 3 N–H and O–H groups in total. The maximum Gasteiger partial charge on any atom is 0.328 e. The number of hydrogen-bond donors (Lipinski definition) is 3. The van der Waals surface area contributed by atoms with Gasteiger partial charge in [0.1, 0.15) is 0 Å². The lowest BCUT2D eigenvalue weighted by atomic mass is 10.4. The van der Waals surface area contributed by atoms with E-state index in [1.807, 2.05) is 0 Å². The van der Waals surface area contributed by atoms with Gasteiger partial charge in [-0.2, -0.15) is 0 Å². The molecule has 0 atom stereocenters. The van der Waals surface area contributed by atoms with Gasteiger partial charge in [0, 0.05) is 17.0 Å². The molecular formula is C13H14N2O4S. The number of hydrogen-bond acceptors (Lipinski definition) is 4. The first-order valence-electron chi connectivity index (χ1n) is 6.13. The molecule has 0 aliphatic heterocycles.